The Hall–Kier alpha value is -1.95. The van der Waals surface area contributed by atoms with E-state index in [4.69, 9.17) is 9.47 Å². The molecule has 0 bridgehead atoms. The van der Waals surface area contributed by atoms with E-state index in [1.54, 1.807) is 0 Å². The molecule has 0 unspecified atom stereocenters. The number of para-hydroxylation sites is 2. The van der Waals surface area contributed by atoms with Gasteiger partial charge in [-0.15, -0.1) is 0 Å². The number of rotatable bonds is 11. The van der Waals surface area contributed by atoms with Crippen molar-refractivity contribution in [3.05, 3.63) is 24.3 Å². The Kier molecular flexibility index (Phi) is 9.63. The fourth-order valence-corrected chi connectivity index (χ4v) is 2.13. The van der Waals surface area contributed by atoms with Crippen LogP contribution in [0.4, 0.5) is 4.79 Å². The first-order valence-corrected chi connectivity index (χ1v) is 8.29. The largest absolute Gasteiger partial charge is 0.490 e. The number of benzene rings is 1. The molecule has 6 heteroatoms. The van der Waals surface area contributed by atoms with Crippen LogP contribution in [-0.4, -0.2) is 50.4 Å². The molecule has 0 aliphatic carbocycles. The lowest BCUT2D eigenvalue weighted by molar-refractivity contribution is 0.219. The second kappa shape index (κ2) is 11.6. The van der Waals surface area contributed by atoms with Gasteiger partial charge in [0.1, 0.15) is 0 Å². The second-order valence-corrected chi connectivity index (χ2v) is 4.98. The van der Waals surface area contributed by atoms with Crippen molar-refractivity contribution in [3.63, 3.8) is 0 Å². The van der Waals surface area contributed by atoms with Crippen LogP contribution in [0.5, 0.6) is 11.5 Å². The highest BCUT2D eigenvalue weighted by Gasteiger charge is 2.05. The van der Waals surface area contributed by atoms with Gasteiger partial charge in [-0.25, -0.2) is 4.79 Å². The van der Waals surface area contributed by atoms with Crippen molar-refractivity contribution in [2.45, 2.75) is 27.2 Å². The van der Waals surface area contributed by atoms with Crippen LogP contribution in [0.1, 0.15) is 27.2 Å². The number of carbonyl (C=O) groups excluding carboxylic acids is 1. The van der Waals surface area contributed by atoms with Gasteiger partial charge in [-0.1, -0.05) is 26.0 Å². The van der Waals surface area contributed by atoms with Gasteiger partial charge in [-0.05, 0) is 45.1 Å². The van der Waals surface area contributed by atoms with Gasteiger partial charge in [0, 0.05) is 6.54 Å². The van der Waals surface area contributed by atoms with E-state index in [2.05, 4.69) is 29.4 Å². The molecule has 0 aliphatic rings. The molecule has 0 fully saturated rings. The minimum atomic E-state index is -0.224. The first kappa shape index (κ1) is 19.1. The number of amides is 2. The summed E-state index contributed by atoms with van der Waals surface area (Å²) in [6, 6.07) is 7.18. The molecule has 0 saturated heterocycles. The molecular formula is C17H29N3O3. The van der Waals surface area contributed by atoms with E-state index in [0.717, 1.165) is 26.1 Å². The summed E-state index contributed by atoms with van der Waals surface area (Å²) in [4.78, 5) is 14.0. The maximum absolute atomic E-state index is 11.7. The van der Waals surface area contributed by atoms with Crippen LogP contribution < -0.4 is 20.1 Å². The van der Waals surface area contributed by atoms with Crippen LogP contribution in [0.3, 0.4) is 0 Å². The Bertz CT molecular complexity index is 450. The third-order valence-electron chi connectivity index (χ3n) is 3.44. The van der Waals surface area contributed by atoms with Crippen molar-refractivity contribution < 1.29 is 14.3 Å². The molecule has 2 amide bonds. The lowest BCUT2D eigenvalue weighted by atomic mass is 10.3. The van der Waals surface area contributed by atoms with E-state index in [1.807, 2.05) is 31.2 Å². The van der Waals surface area contributed by atoms with E-state index in [1.165, 1.54) is 0 Å². The quantitative estimate of drug-likeness (QED) is 0.485. The lowest BCUT2D eigenvalue weighted by Gasteiger charge is -2.17. The molecule has 0 aliphatic heterocycles. The van der Waals surface area contributed by atoms with Crippen molar-refractivity contribution >= 4 is 6.03 Å². The summed E-state index contributed by atoms with van der Waals surface area (Å²) >= 11 is 0. The summed E-state index contributed by atoms with van der Waals surface area (Å²) < 4.78 is 11.0. The number of ether oxygens (including phenoxy) is 2. The minimum absolute atomic E-state index is 0.103. The van der Waals surface area contributed by atoms with Gasteiger partial charge in [0.25, 0.3) is 0 Å². The SMILES string of the molecule is CCOc1ccccc1OCNC(=O)NCCCN(CC)CC. The van der Waals surface area contributed by atoms with Crippen LogP contribution in [0, 0.1) is 0 Å². The predicted octanol–water partition coefficient (Wildman–Crippen LogP) is 2.45. The number of carbonyl (C=O) groups is 1. The van der Waals surface area contributed by atoms with E-state index < -0.39 is 0 Å². The Labute approximate surface area is 139 Å². The molecule has 1 rings (SSSR count). The molecule has 0 heterocycles. The Morgan fingerprint density at radius 3 is 2.30 bits per heavy atom. The molecule has 1 aromatic carbocycles. The smallest absolute Gasteiger partial charge is 0.317 e. The van der Waals surface area contributed by atoms with Gasteiger partial charge in [0.05, 0.1) is 6.61 Å². The van der Waals surface area contributed by atoms with E-state index in [-0.39, 0.29) is 12.8 Å². The lowest BCUT2D eigenvalue weighted by Crippen LogP contribution is -2.39. The molecule has 0 spiro atoms. The zero-order valence-corrected chi connectivity index (χ0v) is 14.4. The Morgan fingerprint density at radius 2 is 1.70 bits per heavy atom. The second-order valence-electron chi connectivity index (χ2n) is 4.98. The summed E-state index contributed by atoms with van der Waals surface area (Å²) in [6.07, 6.45) is 0.934. The Balaban J connectivity index is 2.19. The standard InChI is InChI=1S/C17H29N3O3/c1-4-20(5-2)13-9-12-18-17(21)19-14-23-16-11-8-7-10-15(16)22-6-3/h7-8,10-11H,4-6,9,12-14H2,1-3H3,(H2,18,19,21). The van der Waals surface area contributed by atoms with Gasteiger partial charge in [0.15, 0.2) is 18.2 Å². The molecule has 130 valence electrons. The number of hydrogen-bond donors (Lipinski definition) is 2. The average Bonchev–Trinajstić information content (AvgIpc) is 2.57. The van der Waals surface area contributed by atoms with Gasteiger partial charge >= 0.3 is 6.03 Å². The van der Waals surface area contributed by atoms with Gasteiger partial charge in [0.2, 0.25) is 0 Å². The third kappa shape index (κ3) is 7.74. The normalized spacial score (nSPS) is 10.4. The van der Waals surface area contributed by atoms with Crippen molar-refractivity contribution in [3.8, 4) is 11.5 Å². The number of urea groups is 1. The van der Waals surface area contributed by atoms with Crippen molar-refractivity contribution in [2.75, 3.05) is 39.5 Å². The third-order valence-corrected chi connectivity index (χ3v) is 3.44. The molecule has 0 aromatic heterocycles. The number of nitrogens with one attached hydrogen (secondary N) is 2. The fraction of sp³-hybridized carbons (Fsp3) is 0.588. The maximum atomic E-state index is 11.7. The van der Waals surface area contributed by atoms with Crippen molar-refractivity contribution in [1.29, 1.82) is 0 Å². The van der Waals surface area contributed by atoms with E-state index in [0.29, 0.717) is 24.7 Å². The predicted molar refractivity (Wildman–Crippen MR) is 92.0 cm³/mol. The fourth-order valence-electron chi connectivity index (χ4n) is 2.13. The first-order valence-electron chi connectivity index (χ1n) is 8.29. The number of nitrogens with zero attached hydrogens (tertiary/aromatic N) is 1. The maximum Gasteiger partial charge on any atom is 0.317 e. The summed E-state index contributed by atoms with van der Waals surface area (Å²) in [5.74, 6) is 1.30. The van der Waals surface area contributed by atoms with Crippen LogP contribution in [0.25, 0.3) is 0 Å². The van der Waals surface area contributed by atoms with Crippen molar-refractivity contribution in [1.82, 2.24) is 15.5 Å². The monoisotopic (exact) mass is 323 g/mol. The molecule has 2 N–H and O–H groups in total. The Morgan fingerprint density at radius 1 is 1.04 bits per heavy atom. The first-order chi connectivity index (χ1) is 11.2. The summed E-state index contributed by atoms with van der Waals surface area (Å²) in [5.41, 5.74) is 0. The van der Waals surface area contributed by atoms with E-state index in [9.17, 15) is 4.79 Å². The molecule has 0 atom stereocenters. The topological polar surface area (TPSA) is 62.8 Å². The zero-order chi connectivity index (χ0) is 16.9. The molecule has 0 saturated carbocycles. The zero-order valence-electron chi connectivity index (χ0n) is 14.4. The highest BCUT2D eigenvalue weighted by atomic mass is 16.5. The van der Waals surface area contributed by atoms with Gasteiger partial charge in [-0.2, -0.15) is 0 Å². The van der Waals surface area contributed by atoms with Crippen LogP contribution in [0.2, 0.25) is 0 Å². The highest BCUT2D eigenvalue weighted by molar-refractivity contribution is 5.73. The molecule has 1 aromatic rings. The minimum Gasteiger partial charge on any atom is -0.490 e. The van der Waals surface area contributed by atoms with Gasteiger partial charge < -0.3 is 25.0 Å². The summed E-state index contributed by atoms with van der Waals surface area (Å²) in [6.45, 7) is 10.6. The molecule has 23 heavy (non-hydrogen) atoms. The van der Waals surface area contributed by atoms with Crippen LogP contribution in [0.15, 0.2) is 24.3 Å². The summed E-state index contributed by atoms with van der Waals surface area (Å²) in [5, 5.41) is 5.50. The van der Waals surface area contributed by atoms with Gasteiger partial charge in [-0.3, -0.25) is 0 Å². The average molecular weight is 323 g/mol. The number of hydrogen-bond acceptors (Lipinski definition) is 4. The molecule has 6 nitrogen and oxygen atoms in total. The van der Waals surface area contributed by atoms with Crippen LogP contribution in [-0.2, 0) is 0 Å². The summed E-state index contributed by atoms with van der Waals surface area (Å²) in [7, 11) is 0. The molecule has 0 radical (unpaired) electrons. The van der Waals surface area contributed by atoms with Crippen LogP contribution >= 0.6 is 0 Å². The van der Waals surface area contributed by atoms with E-state index >= 15 is 0 Å². The van der Waals surface area contributed by atoms with Crippen molar-refractivity contribution in [2.24, 2.45) is 0 Å². The highest BCUT2D eigenvalue weighted by Crippen LogP contribution is 2.25. The molecular weight excluding hydrogens is 294 g/mol.